The van der Waals surface area contributed by atoms with Crippen molar-refractivity contribution >= 4 is 28.6 Å². The van der Waals surface area contributed by atoms with Gasteiger partial charge in [0.25, 0.3) is 5.56 Å². The first kappa shape index (κ1) is 19.7. The van der Waals surface area contributed by atoms with E-state index >= 15 is 0 Å². The van der Waals surface area contributed by atoms with Crippen LogP contribution in [0.25, 0.3) is 10.9 Å². The number of benzene rings is 1. The van der Waals surface area contributed by atoms with Crippen molar-refractivity contribution in [3.05, 3.63) is 47.3 Å². The number of carbonyl (C=O) groups excluding carboxylic acids is 1. The van der Waals surface area contributed by atoms with Crippen LogP contribution in [0.1, 0.15) is 45.4 Å². The first-order valence-electron chi connectivity index (χ1n) is 9.67. The largest absolute Gasteiger partial charge is 0.352 e. The third-order valence-corrected chi connectivity index (χ3v) is 6.08. The van der Waals surface area contributed by atoms with Crippen molar-refractivity contribution in [2.45, 2.75) is 68.4 Å². The second-order valence-electron chi connectivity index (χ2n) is 7.07. The van der Waals surface area contributed by atoms with E-state index in [0.29, 0.717) is 22.6 Å². The molecular formula is C21H27N3O2S. The molecule has 5 nitrogen and oxygen atoms in total. The fourth-order valence-corrected chi connectivity index (χ4v) is 4.41. The first-order chi connectivity index (χ1) is 13.1. The summed E-state index contributed by atoms with van der Waals surface area (Å²) >= 11 is 1.33. The Balaban J connectivity index is 1.79. The van der Waals surface area contributed by atoms with Crippen LogP contribution in [-0.2, 0) is 11.3 Å². The van der Waals surface area contributed by atoms with E-state index in [-0.39, 0.29) is 22.8 Å². The number of thioether (sulfide) groups is 1. The van der Waals surface area contributed by atoms with Crippen LogP contribution in [0.3, 0.4) is 0 Å². The zero-order valence-electron chi connectivity index (χ0n) is 15.8. The lowest BCUT2D eigenvalue weighted by atomic mass is 10.1. The van der Waals surface area contributed by atoms with E-state index in [1.165, 1.54) is 37.4 Å². The number of carbonyl (C=O) groups is 1. The number of fused-ring (bicyclic) bond motifs is 1. The highest BCUT2D eigenvalue weighted by molar-refractivity contribution is 8.00. The highest BCUT2D eigenvalue weighted by Crippen LogP contribution is 2.24. The van der Waals surface area contributed by atoms with Crippen molar-refractivity contribution in [1.29, 1.82) is 0 Å². The summed E-state index contributed by atoms with van der Waals surface area (Å²) < 4.78 is 1.59. The van der Waals surface area contributed by atoms with E-state index in [9.17, 15) is 9.59 Å². The van der Waals surface area contributed by atoms with Gasteiger partial charge in [-0.1, -0.05) is 55.7 Å². The average Bonchev–Trinajstić information content (AvgIpc) is 2.93. The van der Waals surface area contributed by atoms with Gasteiger partial charge < -0.3 is 5.32 Å². The minimum Gasteiger partial charge on any atom is -0.352 e. The standard InChI is InChI=1S/C21H27N3O2S/c1-3-14-24-20(26)17-12-8-9-13-18(17)23-21(24)27-15(2)19(25)22-16-10-6-4-5-7-11-16/h3,8-9,12-13,15-16H,1,4-7,10-11,14H2,2H3,(H,22,25)/t15-/m0/s1. The molecule has 0 saturated heterocycles. The second kappa shape index (κ2) is 9.22. The molecule has 144 valence electrons. The van der Waals surface area contributed by atoms with E-state index in [1.54, 1.807) is 16.7 Å². The summed E-state index contributed by atoms with van der Waals surface area (Å²) in [6, 6.07) is 7.57. The summed E-state index contributed by atoms with van der Waals surface area (Å²) in [5, 5.41) is 4.01. The lowest BCUT2D eigenvalue weighted by Crippen LogP contribution is -2.39. The fourth-order valence-electron chi connectivity index (χ4n) is 3.48. The Labute approximate surface area is 164 Å². The van der Waals surface area contributed by atoms with Gasteiger partial charge in [0.1, 0.15) is 0 Å². The van der Waals surface area contributed by atoms with E-state index in [1.807, 2.05) is 25.1 Å². The molecule has 1 saturated carbocycles. The summed E-state index contributed by atoms with van der Waals surface area (Å²) in [4.78, 5) is 30.1. The smallest absolute Gasteiger partial charge is 0.262 e. The van der Waals surface area contributed by atoms with E-state index < -0.39 is 0 Å². The molecule has 0 aliphatic heterocycles. The van der Waals surface area contributed by atoms with Crippen LogP contribution in [0.4, 0.5) is 0 Å². The average molecular weight is 386 g/mol. The molecule has 3 rings (SSSR count). The Kier molecular flexibility index (Phi) is 6.72. The van der Waals surface area contributed by atoms with Gasteiger partial charge in [-0.25, -0.2) is 4.98 Å². The van der Waals surface area contributed by atoms with Crippen molar-refractivity contribution in [1.82, 2.24) is 14.9 Å². The molecule has 1 aromatic heterocycles. The minimum absolute atomic E-state index is 0.0134. The molecule has 0 unspecified atom stereocenters. The van der Waals surface area contributed by atoms with Crippen LogP contribution in [-0.4, -0.2) is 26.8 Å². The van der Waals surface area contributed by atoms with Crippen molar-refractivity contribution < 1.29 is 4.79 Å². The molecule has 0 spiro atoms. The molecule has 0 bridgehead atoms. The summed E-state index contributed by atoms with van der Waals surface area (Å²) in [5.41, 5.74) is 0.557. The van der Waals surface area contributed by atoms with Crippen LogP contribution in [0.2, 0.25) is 0 Å². The SMILES string of the molecule is C=CCn1c(S[C@@H](C)C(=O)NC2CCCCCC2)nc2ccccc2c1=O. The first-order valence-corrected chi connectivity index (χ1v) is 10.6. The van der Waals surface area contributed by atoms with Crippen LogP contribution in [0.5, 0.6) is 0 Å². The minimum atomic E-state index is -0.322. The lowest BCUT2D eigenvalue weighted by Gasteiger charge is -2.20. The molecule has 2 aromatic rings. The predicted molar refractivity (Wildman–Crippen MR) is 111 cm³/mol. The monoisotopic (exact) mass is 385 g/mol. The third kappa shape index (κ3) is 4.80. The molecule has 1 heterocycles. The Bertz CT molecular complexity index is 869. The van der Waals surface area contributed by atoms with E-state index in [0.717, 1.165) is 12.8 Å². The molecule has 27 heavy (non-hydrogen) atoms. The number of hydrogen-bond acceptors (Lipinski definition) is 4. The van der Waals surface area contributed by atoms with Crippen molar-refractivity contribution in [2.75, 3.05) is 0 Å². The fraction of sp³-hybridized carbons (Fsp3) is 0.476. The van der Waals surface area contributed by atoms with E-state index in [4.69, 9.17) is 0 Å². The van der Waals surface area contributed by atoms with Gasteiger partial charge in [0, 0.05) is 12.6 Å². The molecular weight excluding hydrogens is 358 g/mol. The summed E-state index contributed by atoms with van der Waals surface area (Å²) in [6.07, 6.45) is 8.65. The maximum absolute atomic E-state index is 12.8. The number of allylic oxidation sites excluding steroid dienone is 1. The molecule has 1 aromatic carbocycles. The molecule has 6 heteroatoms. The summed E-state index contributed by atoms with van der Waals surface area (Å²) in [6.45, 7) is 5.99. The van der Waals surface area contributed by atoms with Crippen molar-refractivity contribution in [2.24, 2.45) is 0 Å². The van der Waals surface area contributed by atoms with Crippen LogP contribution in [0, 0.1) is 0 Å². The summed E-state index contributed by atoms with van der Waals surface area (Å²) in [7, 11) is 0. The van der Waals surface area contributed by atoms with Crippen LogP contribution >= 0.6 is 11.8 Å². The normalized spacial score (nSPS) is 16.6. The number of amides is 1. The van der Waals surface area contributed by atoms with Gasteiger partial charge in [0.2, 0.25) is 5.91 Å². The Hall–Kier alpha value is -2.08. The number of nitrogens with one attached hydrogen (secondary N) is 1. The maximum Gasteiger partial charge on any atom is 0.262 e. The second-order valence-corrected chi connectivity index (χ2v) is 8.38. The molecule has 1 fully saturated rings. The number of nitrogens with zero attached hydrogens (tertiary/aromatic N) is 2. The van der Waals surface area contributed by atoms with Crippen molar-refractivity contribution in [3.8, 4) is 0 Å². The topological polar surface area (TPSA) is 64.0 Å². The van der Waals surface area contributed by atoms with Gasteiger partial charge in [-0.2, -0.15) is 0 Å². The van der Waals surface area contributed by atoms with Gasteiger partial charge in [-0.3, -0.25) is 14.2 Å². The Morgan fingerprint density at radius 1 is 1.33 bits per heavy atom. The van der Waals surface area contributed by atoms with Crippen LogP contribution < -0.4 is 10.9 Å². The molecule has 0 radical (unpaired) electrons. The lowest BCUT2D eigenvalue weighted by molar-refractivity contribution is -0.121. The van der Waals surface area contributed by atoms with Gasteiger partial charge in [-0.05, 0) is 31.9 Å². The predicted octanol–water partition coefficient (Wildman–Crippen LogP) is 3.90. The number of rotatable bonds is 6. The Morgan fingerprint density at radius 3 is 2.74 bits per heavy atom. The number of hydrogen-bond donors (Lipinski definition) is 1. The third-order valence-electron chi connectivity index (χ3n) is 4.99. The van der Waals surface area contributed by atoms with Gasteiger partial charge >= 0.3 is 0 Å². The van der Waals surface area contributed by atoms with Gasteiger partial charge in [0.05, 0.1) is 16.2 Å². The maximum atomic E-state index is 12.8. The molecule has 1 aliphatic rings. The molecule has 1 atom stereocenters. The van der Waals surface area contributed by atoms with Crippen molar-refractivity contribution in [3.63, 3.8) is 0 Å². The van der Waals surface area contributed by atoms with Gasteiger partial charge in [0.15, 0.2) is 5.16 Å². The van der Waals surface area contributed by atoms with Gasteiger partial charge in [-0.15, -0.1) is 6.58 Å². The zero-order chi connectivity index (χ0) is 19.2. The molecule has 1 amide bonds. The molecule has 1 aliphatic carbocycles. The number of aromatic nitrogens is 2. The summed E-state index contributed by atoms with van der Waals surface area (Å²) in [5.74, 6) is 0.0134. The highest BCUT2D eigenvalue weighted by Gasteiger charge is 2.22. The van der Waals surface area contributed by atoms with E-state index in [2.05, 4.69) is 16.9 Å². The zero-order valence-corrected chi connectivity index (χ0v) is 16.6. The molecule has 1 N–H and O–H groups in total. The number of para-hydroxylation sites is 1. The highest BCUT2D eigenvalue weighted by atomic mass is 32.2. The Morgan fingerprint density at radius 2 is 2.04 bits per heavy atom. The van der Waals surface area contributed by atoms with Crippen LogP contribution in [0.15, 0.2) is 46.9 Å². The quantitative estimate of drug-likeness (QED) is 0.354.